The molecule has 1 aromatic rings. The van der Waals surface area contributed by atoms with E-state index in [1.807, 2.05) is 13.1 Å². The molecule has 1 fully saturated rings. The van der Waals surface area contributed by atoms with E-state index in [9.17, 15) is 9.59 Å². The molecular formula is C17H29N5O2. The van der Waals surface area contributed by atoms with Crippen LogP contribution in [-0.4, -0.2) is 52.7 Å². The number of nitrogens with one attached hydrogen (secondary N) is 2. The van der Waals surface area contributed by atoms with Crippen molar-refractivity contribution in [3.8, 4) is 0 Å². The molecule has 134 valence electrons. The van der Waals surface area contributed by atoms with Gasteiger partial charge in [0.2, 0.25) is 11.8 Å². The van der Waals surface area contributed by atoms with Crippen LogP contribution >= 0.6 is 0 Å². The number of carbonyl (C=O) groups is 2. The molecule has 2 amide bonds. The van der Waals surface area contributed by atoms with Gasteiger partial charge in [-0.1, -0.05) is 13.3 Å². The van der Waals surface area contributed by atoms with E-state index in [0.717, 1.165) is 57.5 Å². The number of likely N-dealkylation sites (tertiary alicyclic amines) is 1. The van der Waals surface area contributed by atoms with Crippen LogP contribution in [0.25, 0.3) is 0 Å². The Kier molecular flexibility index (Phi) is 7.24. The minimum atomic E-state index is 0.00868. The molecule has 0 spiro atoms. The number of anilines is 1. The summed E-state index contributed by atoms with van der Waals surface area (Å²) in [5.41, 5.74) is 0.750. The van der Waals surface area contributed by atoms with Gasteiger partial charge in [-0.15, -0.1) is 0 Å². The highest BCUT2D eigenvalue weighted by Crippen LogP contribution is 2.19. The van der Waals surface area contributed by atoms with Crippen molar-refractivity contribution >= 4 is 17.5 Å². The number of aryl methyl sites for hydroxylation is 1. The molecule has 0 saturated carbocycles. The second-order valence-electron chi connectivity index (χ2n) is 6.33. The lowest BCUT2D eigenvalue weighted by Crippen LogP contribution is -2.43. The lowest BCUT2D eigenvalue weighted by atomic mass is 9.96. The van der Waals surface area contributed by atoms with Crippen molar-refractivity contribution in [2.24, 2.45) is 5.92 Å². The third-order valence-corrected chi connectivity index (χ3v) is 4.40. The Morgan fingerprint density at radius 3 is 2.67 bits per heavy atom. The number of aromatic nitrogens is 2. The summed E-state index contributed by atoms with van der Waals surface area (Å²) >= 11 is 0. The van der Waals surface area contributed by atoms with Gasteiger partial charge in [-0.25, -0.2) is 0 Å². The van der Waals surface area contributed by atoms with Crippen molar-refractivity contribution in [2.75, 3.05) is 31.5 Å². The highest BCUT2D eigenvalue weighted by molar-refractivity contribution is 5.92. The van der Waals surface area contributed by atoms with Gasteiger partial charge < -0.3 is 10.6 Å². The largest absolute Gasteiger partial charge is 0.355 e. The summed E-state index contributed by atoms with van der Waals surface area (Å²) in [6, 6.07) is 0. The monoisotopic (exact) mass is 335 g/mol. The van der Waals surface area contributed by atoms with Gasteiger partial charge >= 0.3 is 0 Å². The van der Waals surface area contributed by atoms with Gasteiger partial charge in [-0.2, -0.15) is 5.10 Å². The van der Waals surface area contributed by atoms with Gasteiger partial charge in [0.05, 0.1) is 18.4 Å². The molecular weight excluding hydrogens is 306 g/mol. The summed E-state index contributed by atoms with van der Waals surface area (Å²) in [7, 11) is 0. The predicted octanol–water partition coefficient (Wildman–Crippen LogP) is 1.47. The first-order chi connectivity index (χ1) is 11.6. The van der Waals surface area contributed by atoms with Crippen LogP contribution in [0.5, 0.6) is 0 Å². The van der Waals surface area contributed by atoms with E-state index in [1.165, 1.54) is 0 Å². The quantitative estimate of drug-likeness (QED) is 0.705. The third kappa shape index (κ3) is 5.63. The molecule has 24 heavy (non-hydrogen) atoms. The molecule has 1 aliphatic rings. The Balaban J connectivity index is 1.69. The molecule has 0 aliphatic carbocycles. The smallest absolute Gasteiger partial charge is 0.234 e. The standard InChI is InChI=1S/C17H29N5O2/c1-3-5-8-18-16(23)13-21-9-6-14(7-10-21)17(24)20-15-11-19-22(4-2)12-15/h11-12,14H,3-10,13H2,1-2H3,(H,18,23)(H,20,24). The average Bonchev–Trinajstić information content (AvgIpc) is 3.03. The van der Waals surface area contributed by atoms with Crippen molar-refractivity contribution in [1.82, 2.24) is 20.0 Å². The van der Waals surface area contributed by atoms with E-state index < -0.39 is 0 Å². The number of piperidine rings is 1. The van der Waals surface area contributed by atoms with Crippen molar-refractivity contribution in [1.29, 1.82) is 0 Å². The zero-order chi connectivity index (χ0) is 17.4. The van der Waals surface area contributed by atoms with Gasteiger partial charge in [-0.3, -0.25) is 19.2 Å². The molecule has 1 aliphatic heterocycles. The van der Waals surface area contributed by atoms with Gasteiger partial charge in [0.25, 0.3) is 0 Å². The molecule has 2 N–H and O–H groups in total. The minimum Gasteiger partial charge on any atom is -0.355 e. The lowest BCUT2D eigenvalue weighted by Gasteiger charge is -2.30. The molecule has 0 atom stereocenters. The summed E-state index contributed by atoms with van der Waals surface area (Å²) in [6.07, 6.45) is 7.19. The molecule has 0 radical (unpaired) electrons. The average molecular weight is 335 g/mol. The highest BCUT2D eigenvalue weighted by atomic mass is 16.2. The van der Waals surface area contributed by atoms with E-state index in [0.29, 0.717) is 6.54 Å². The summed E-state index contributed by atoms with van der Waals surface area (Å²) in [5, 5.41) is 10.0. The van der Waals surface area contributed by atoms with Gasteiger partial charge in [0, 0.05) is 25.2 Å². The van der Waals surface area contributed by atoms with Crippen molar-refractivity contribution < 1.29 is 9.59 Å². The van der Waals surface area contributed by atoms with Gasteiger partial charge in [0.15, 0.2) is 0 Å². The number of unbranched alkanes of at least 4 members (excludes halogenated alkanes) is 1. The molecule has 0 bridgehead atoms. The van der Waals surface area contributed by atoms with E-state index in [4.69, 9.17) is 0 Å². The number of nitrogens with zero attached hydrogens (tertiary/aromatic N) is 3. The maximum atomic E-state index is 12.3. The molecule has 0 unspecified atom stereocenters. The number of hydrogen-bond donors (Lipinski definition) is 2. The summed E-state index contributed by atoms with van der Waals surface area (Å²) < 4.78 is 1.79. The van der Waals surface area contributed by atoms with E-state index in [1.54, 1.807) is 10.9 Å². The van der Waals surface area contributed by atoms with E-state index in [2.05, 4.69) is 27.6 Å². The number of amides is 2. The fourth-order valence-corrected chi connectivity index (χ4v) is 2.86. The third-order valence-electron chi connectivity index (χ3n) is 4.40. The molecule has 2 heterocycles. The summed E-state index contributed by atoms with van der Waals surface area (Å²) in [4.78, 5) is 26.3. The molecule has 1 aromatic heterocycles. The first-order valence-electron chi connectivity index (χ1n) is 8.94. The van der Waals surface area contributed by atoms with Crippen LogP contribution in [0.4, 0.5) is 5.69 Å². The van der Waals surface area contributed by atoms with Crippen molar-refractivity contribution in [3.05, 3.63) is 12.4 Å². The molecule has 7 nitrogen and oxygen atoms in total. The predicted molar refractivity (Wildman–Crippen MR) is 93.6 cm³/mol. The highest BCUT2D eigenvalue weighted by Gasteiger charge is 2.26. The van der Waals surface area contributed by atoms with Crippen molar-refractivity contribution in [2.45, 2.75) is 46.1 Å². The SMILES string of the molecule is CCCCNC(=O)CN1CCC(C(=O)Nc2cnn(CC)c2)CC1. The maximum Gasteiger partial charge on any atom is 0.234 e. The van der Waals surface area contributed by atoms with Gasteiger partial charge in [-0.05, 0) is 39.3 Å². The van der Waals surface area contributed by atoms with Gasteiger partial charge in [0.1, 0.15) is 0 Å². The Labute approximate surface area is 143 Å². The molecule has 1 saturated heterocycles. The van der Waals surface area contributed by atoms with Crippen LogP contribution in [0.1, 0.15) is 39.5 Å². The second-order valence-corrected chi connectivity index (χ2v) is 6.33. The fourth-order valence-electron chi connectivity index (χ4n) is 2.86. The maximum absolute atomic E-state index is 12.3. The number of carbonyl (C=O) groups excluding carboxylic acids is 2. The number of hydrogen-bond acceptors (Lipinski definition) is 4. The molecule has 7 heteroatoms. The first kappa shape index (κ1) is 18.4. The Bertz CT molecular complexity index is 535. The summed E-state index contributed by atoms with van der Waals surface area (Å²) in [6.45, 7) is 7.65. The lowest BCUT2D eigenvalue weighted by molar-refractivity contribution is -0.123. The van der Waals surface area contributed by atoms with E-state index >= 15 is 0 Å². The normalized spacial score (nSPS) is 16.1. The molecule has 0 aromatic carbocycles. The Morgan fingerprint density at radius 2 is 2.04 bits per heavy atom. The minimum absolute atomic E-state index is 0.00868. The van der Waals surface area contributed by atoms with Crippen LogP contribution in [0.15, 0.2) is 12.4 Å². The van der Waals surface area contributed by atoms with E-state index in [-0.39, 0.29) is 17.7 Å². The fraction of sp³-hybridized carbons (Fsp3) is 0.706. The molecule has 2 rings (SSSR count). The Hall–Kier alpha value is -1.89. The first-order valence-corrected chi connectivity index (χ1v) is 8.94. The number of rotatable bonds is 8. The van der Waals surface area contributed by atoms with Crippen LogP contribution in [0, 0.1) is 5.92 Å². The second kappa shape index (κ2) is 9.42. The Morgan fingerprint density at radius 1 is 1.29 bits per heavy atom. The zero-order valence-electron chi connectivity index (χ0n) is 14.8. The van der Waals surface area contributed by atoms with Crippen LogP contribution in [0.2, 0.25) is 0 Å². The zero-order valence-corrected chi connectivity index (χ0v) is 14.8. The van der Waals surface area contributed by atoms with Crippen molar-refractivity contribution in [3.63, 3.8) is 0 Å². The van der Waals surface area contributed by atoms with Crippen LogP contribution < -0.4 is 10.6 Å². The topological polar surface area (TPSA) is 79.3 Å². The van der Waals surface area contributed by atoms with Crippen LogP contribution in [0.3, 0.4) is 0 Å². The van der Waals surface area contributed by atoms with Crippen LogP contribution in [-0.2, 0) is 16.1 Å². The summed E-state index contributed by atoms with van der Waals surface area (Å²) in [5.74, 6) is 0.144.